The van der Waals surface area contributed by atoms with Crippen LogP contribution < -0.4 is 4.72 Å². The maximum absolute atomic E-state index is 10.1. The van der Waals surface area contributed by atoms with Crippen molar-refractivity contribution >= 4 is 27.9 Å². The van der Waals surface area contributed by atoms with Crippen molar-refractivity contribution in [2.45, 2.75) is 0 Å². The van der Waals surface area contributed by atoms with Gasteiger partial charge in [-0.15, -0.1) is 0 Å². The fraction of sp³-hybridized carbons (Fsp3) is 0. The molecule has 1 unspecified atom stereocenters. The largest absolute Gasteiger partial charge is 0.755 e. The van der Waals surface area contributed by atoms with Crippen molar-refractivity contribution in [3.8, 4) is 0 Å². The molecule has 0 saturated carbocycles. The number of hydrogen-bond acceptors (Lipinski definition) is 2. The minimum atomic E-state index is -2.22. The van der Waals surface area contributed by atoms with Crippen molar-refractivity contribution in [2.24, 2.45) is 0 Å². The number of benzene rings is 2. The quantitative estimate of drug-likeness (QED) is 0.705. The summed E-state index contributed by atoms with van der Waals surface area (Å²) in [6.07, 6.45) is 1.95. The lowest BCUT2D eigenvalue weighted by molar-refractivity contribution is 0.542. The third-order valence-corrected chi connectivity index (χ3v) is 2.84. The second kappa shape index (κ2) is 6.72. The minimum Gasteiger partial charge on any atom is -0.755 e. The SMILES string of the molecule is O=S([O-])Nc1ccccc1.c1ccc2[nH]ccc2c1. The molecule has 19 heavy (non-hydrogen) atoms. The Hall–Kier alpha value is -2.11. The topological polar surface area (TPSA) is 67.9 Å². The summed E-state index contributed by atoms with van der Waals surface area (Å²) in [6, 6.07) is 19.0. The first kappa shape index (κ1) is 13.3. The Morgan fingerprint density at radius 2 is 1.63 bits per heavy atom. The molecule has 98 valence electrons. The molecule has 0 spiro atoms. The van der Waals surface area contributed by atoms with E-state index in [2.05, 4.69) is 27.9 Å². The van der Waals surface area contributed by atoms with Crippen molar-refractivity contribution < 1.29 is 8.76 Å². The Bertz CT molecular complexity index is 622. The number of para-hydroxylation sites is 2. The first-order valence-corrected chi connectivity index (χ1v) is 6.76. The molecule has 3 aromatic rings. The van der Waals surface area contributed by atoms with E-state index in [0.29, 0.717) is 5.69 Å². The van der Waals surface area contributed by atoms with E-state index < -0.39 is 11.3 Å². The van der Waals surface area contributed by atoms with Gasteiger partial charge in [-0.1, -0.05) is 36.4 Å². The number of aromatic nitrogens is 1. The van der Waals surface area contributed by atoms with Crippen LogP contribution in [0.15, 0.2) is 66.9 Å². The molecule has 0 fully saturated rings. The molecule has 0 radical (unpaired) electrons. The van der Waals surface area contributed by atoms with Gasteiger partial charge in [0.15, 0.2) is 0 Å². The van der Waals surface area contributed by atoms with Crippen LogP contribution >= 0.6 is 0 Å². The molecule has 0 saturated heterocycles. The number of rotatable bonds is 2. The van der Waals surface area contributed by atoms with E-state index in [1.807, 2.05) is 24.4 Å². The lowest BCUT2D eigenvalue weighted by Crippen LogP contribution is -2.01. The lowest BCUT2D eigenvalue weighted by Gasteiger charge is -2.06. The summed E-state index contributed by atoms with van der Waals surface area (Å²) in [5.41, 5.74) is 1.79. The zero-order chi connectivity index (χ0) is 13.5. The summed E-state index contributed by atoms with van der Waals surface area (Å²) in [5, 5.41) is 1.28. The number of H-pyrrole nitrogens is 1. The maximum atomic E-state index is 10.1. The first-order valence-electron chi connectivity index (χ1n) is 5.69. The molecular formula is C14H13N2O2S-. The van der Waals surface area contributed by atoms with E-state index in [4.69, 9.17) is 0 Å². The fourth-order valence-corrected chi connectivity index (χ4v) is 1.93. The highest BCUT2D eigenvalue weighted by Crippen LogP contribution is 2.09. The van der Waals surface area contributed by atoms with Crippen molar-refractivity contribution in [1.82, 2.24) is 4.98 Å². The molecule has 1 aromatic heterocycles. The summed E-state index contributed by atoms with van der Waals surface area (Å²) in [4.78, 5) is 3.12. The van der Waals surface area contributed by atoms with Crippen LogP contribution in [0.3, 0.4) is 0 Å². The third-order valence-electron chi connectivity index (χ3n) is 2.44. The summed E-state index contributed by atoms with van der Waals surface area (Å²) < 4.78 is 22.3. The summed E-state index contributed by atoms with van der Waals surface area (Å²) in [5.74, 6) is 0. The Morgan fingerprint density at radius 3 is 2.32 bits per heavy atom. The predicted octanol–water partition coefficient (Wildman–Crippen LogP) is 3.06. The molecule has 2 N–H and O–H groups in total. The number of anilines is 1. The molecule has 0 aliphatic heterocycles. The van der Waals surface area contributed by atoms with Crippen LogP contribution in [0.2, 0.25) is 0 Å². The molecule has 4 nitrogen and oxygen atoms in total. The summed E-state index contributed by atoms with van der Waals surface area (Å²) in [7, 11) is 0. The van der Waals surface area contributed by atoms with Gasteiger partial charge in [-0.2, -0.15) is 0 Å². The molecule has 0 aliphatic carbocycles. The van der Waals surface area contributed by atoms with Crippen molar-refractivity contribution in [1.29, 1.82) is 0 Å². The summed E-state index contributed by atoms with van der Waals surface area (Å²) in [6.45, 7) is 0. The molecule has 1 heterocycles. The van der Waals surface area contributed by atoms with E-state index in [-0.39, 0.29) is 0 Å². The normalized spacial score (nSPS) is 11.4. The highest BCUT2D eigenvalue weighted by atomic mass is 32.2. The van der Waals surface area contributed by atoms with E-state index in [1.165, 1.54) is 10.9 Å². The van der Waals surface area contributed by atoms with Crippen LogP contribution in [-0.4, -0.2) is 13.7 Å². The van der Waals surface area contributed by atoms with Gasteiger partial charge in [0.25, 0.3) is 0 Å². The predicted molar refractivity (Wildman–Crippen MR) is 77.3 cm³/mol. The average molecular weight is 273 g/mol. The van der Waals surface area contributed by atoms with Gasteiger partial charge in [0, 0.05) is 28.7 Å². The molecule has 2 aromatic carbocycles. The van der Waals surface area contributed by atoms with Crippen LogP contribution in [0.1, 0.15) is 0 Å². The van der Waals surface area contributed by atoms with Gasteiger partial charge in [-0.3, -0.25) is 4.21 Å². The lowest BCUT2D eigenvalue weighted by atomic mass is 10.3. The smallest absolute Gasteiger partial charge is 0.0453 e. The second-order valence-electron chi connectivity index (χ2n) is 3.77. The van der Waals surface area contributed by atoms with Gasteiger partial charge in [0.05, 0.1) is 0 Å². The molecule has 5 heteroatoms. The second-order valence-corrected chi connectivity index (χ2v) is 4.44. The Balaban J connectivity index is 0.000000141. The molecule has 3 rings (SSSR count). The van der Waals surface area contributed by atoms with E-state index in [9.17, 15) is 8.76 Å². The van der Waals surface area contributed by atoms with Crippen LogP contribution in [0, 0.1) is 0 Å². The van der Waals surface area contributed by atoms with Gasteiger partial charge in [0.1, 0.15) is 0 Å². The Labute approximate surface area is 113 Å². The van der Waals surface area contributed by atoms with Crippen molar-refractivity contribution in [3.63, 3.8) is 0 Å². The molecule has 0 aliphatic rings. The van der Waals surface area contributed by atoms with Gasteiger partial charge in [0.2, 0.25) is 0 Å². The summed E-state index contributed by atoms with van der Waals surface area (Å²) >= 11 is -2.22. The van der Waals surface area contributed by atoms with Crippen molar-refractivity contribution in [3.05, 3.63) is 66.9 Å². The monoisotopic (exact) mass is 273 g/mol. The van der Waals surface area contributed by atoms with Gasteiger partial charge >= 0.3 is 0 Å². The van der Waals surface area contributed by atoms with Crippen LogP contribution in [0.4, 0.5) is 5.69 Å². The van der Waals surface area contributed by atoms with Crippen LogP contribution in [0.5, 0.6) is 0 Å². The third kappa shape index (κ3) is 4.24. The van der Waals surface area contributed by atoms with E-state index in [1.54, 1.807) is 24.3 Å². The zero-order valence-corrected chi connectivity index (χ0v) is 10.9. The van der Waals surface area contributed by atoms with Crippen LogP contribution in [0.25, 0.3) is 10.9 Å². The number of nitrogens with one attached hydrogen (secondary N) is 2. The Morgan fingerprint density at radius 1 is 0.947 bits per heavy atom. The van der Waals surface area contributed by atoms with Gasteiger partial charge in [-0.05, 0) is 29.7 Å². The number of aromatic amines is 1. The molecule has 0 amide bonds. The highest BCUT2D eigenvalue weighted by molar-refractivity contribution is 7.80. The van der Waals surface area contributed by atoms with Gasteiger partial charge in [-0.25, -0.2) is 0 Å². The first-order chi connectivity index (χ1) is 9.25. The van der Waals surface area contributed by atoms with Crippen LogP contribution in [-0.2, 0) is 11.3 Å². The number of hydrogen-bond donors (Lipinski definition) is 2. The molecule has 0 bridgehead atoms. The average Bonchev–Trinajstić information content (AvgIpc) is 2.88. The maximum Gasteiger partial charge on any atom is 0.0453 e. The van der Waals surface area contributed by atoms with E-state index >= 15 is 0 Å². The minimum absolute atomic E-state index is 0.579. The number of fused-ring (bicyclic) bond motifs is 1. The van der Waals surface area contributed by atoms with E-state index in [0.717, 1.165) is 0 Å². The fourth-order valence-electron chi connectivity index (χ4n) is 1.60. The molecular weight excluding hydrogens is 260 g/mol. The Kier molecular flexibility index (Phi) is 4.72. The zero-order valence-electron chi connectivity index (χ0n) is 10.1. The standard InChI is InChI=1S/C8H7N.C6H7NO2S/c1-2-4-8-7(3-1)5-6-9-8;8-10(9)7-6-4-2-1-3-5-6/h1-6,9H;1-5,7H,(H,8,9)/p-1. The van der Waals surface area contributed by atoms with Gasteiger partial charge < -0.3 is 14.3 Å². The molecule has 1 atom stereocenters. The van der Waals surface area contributed by atoms with Crippen molar-refractivity contribution in [2.75, 3.05) is 4.72 Å². The highest BCUT2D eigenvalue weighted by Gasteiger charge is 1.86.